The number of ketones is 1. The molecule has 2 saturated heterocycles. The zero-order valence-corrected chi connectivity index (χ0v) is 21.8. The van der Waals surface area contributed by atoms with Crippen molar-refractivity contribution in [3.8, 4) is 17.0 Å². The van der Waals surface area contributed by atoms with Crippen LogP contribution in [0.3, 0.4) is 0 Å². The number of nitrogens with one attached hydrogen (secondary N) is 1. The van der Waals surface area contributed by atoms with Gasteiger partial charge in [0.25, 0.3) is 0 Å². The molecular weight excluding hydrogens is 478 g/mol. The molecule has 3 aliphatic heterocycles. The third-order valence-electron chi connectivity index (χ3n) is 7.67. The van der Waals surface area contributed by atoms with Gasteiger partial charge in [-0.15, -0.1) is 0 Å². The number of ether oxygens (including phenoxy) is 2. The first kappa shape index (κ1) is 24.8. The van der Waals surface area contributed by atoms with Gasteiger partial charge in [-0.25, -0.2) is 9.97 Å². The lowest BCUT2D eigenvalue weighted by atomic mass is 10.0. The second-order valence-corrected chi connectivity index (χ2v) is 10.3. The predicted octanol–water partition coefficient (Wildman–Crippen LogP) is 4.82. The van der Waals surface area contributed by atoms with Crippen molar-refractivity contribution >= 4 is 23.1 Å². The number of carbonyl (C=O) groups is 1. The summed E-state index contributed by atoms with van der Waals surface area (Å²) < 4.78 is 11.6. The van der Waals surface area contributed by atoms with Crippen molar-refractivity contribution in [1.29, 1.82) is 0 Å². The Balaban J connectivity index is 1.35. The Labute approximate surface area is 224 Å². The summed E-state index contributed by atoms with van der Waals surface area (Å²) >= 11 is 0. The van der Waals surface area contributed by atoms with E-state index in [1.165, 1.54) is 11.3 Å². The van der Waals surface area contributed by atoms with Crippen LogP contribution < -0.4 is 15.0 Å². The molecule has 6 rings (SSSR count). The maximum atomic E-state index is 13.3. The van der Waals surface area contributed by atoms with Crippen LogP contribution in [-0.4, -0.2) is 66.1 Å². The highest BCUT2D eigenvalue weighted by Gasteiger charge is 2.31. The Morgan fingerprint density at radius 2 is 1.87 bits per heavy atom. The second-order valence-electron chi connectivity index (χ2n) is 10.3. The SMILES string of the molecule is O=C1CCCCOc2cccc(c2)-c2ccnc(n2)Nc2ccc(N3CCOCC3)c(c2)CN2CCC[C@@H]12. The highest BCUT2D eigenvalue weighted by Crippen LogP contribution is 2.31. The minimum absolute atomic E-state index is 0.0103. The second kappa shape index (κ2) is 11.5. The molecule has 2 aromatic carbocycles. The number of carbonyl (C=O) groups excluding carboxylic acids is 1. The number of rotatable bonds is 1. The maximum Gasteiger partial charge on any atom is 0.227 e. The molecule has 0 saturated carbocycles. The Morgan fingerprint density at radius 3 is 2.79 bits per heavy atom. The van der Waals surface area contributed by atoms with Gasteiger partial charge in [-0.3, -0.25) is 9.69 Å². The van der Waals surface area contributed by atoms with Crippen LogP contribution in [0.25, 0.3) is 11.3 Å². The van der Waals surface area contributed by atoms with Crippen LogP contribution >= 0.6 is 0 Å². The maximum absolute atomic E-state index is 13.3. The van der Waals surface area contributed by atoms with E-state index in [1.54, 1.807) is 6.20 Å². The standard InChI is InChI=1S/C30H35N5O3/c36-29-8-1-2-16-38-25-6-3-5-22(20-25)26-11-12-31-30(33-26)32-24-9-10-27(34-14-17-37-18-15-34)23(19-24)21-35-13-4-7-28(29)35/h3,5-6,9-12,19-20,28H,1-2,4,7-8,13-18,21H2,(H,31,32,33)/t28-/m0/s1. The minimum Gasteiger partial charge on any atom is -0.494 e. The van der Waals surface area contributed by atoms with E-state index in [-0.39, 0.29) is 6.04 Å². The van der Waals surface area contributed by atoms with Gasteiger partial charge in [0, 0.05) is 49.2 Å². The molecule has 1 N–H and O–H groups in total. The van der Waals surface area contributed by atoms with Crippen LogP contribution in [0.2, 0.25) is 0 Å². The fourth-order valence-corrected chi connectivity index (χ4v) is 5.71. The lowest BCUT2D eigenvalue weighted by Gasteiger charge is -2.32. The Morgan fingerprint density at radius 1 is 0.947 bits per heavy atom. The van der Waals surface area contributed by atoms with E-state index in [0.717, 1.165) is 87.8 Å². The van der Waals surface area contributed by atoms with Crippen LogP contribution in [0.5, 0.6) is 5.75 Å². The number of fused-ring (bicyclic) bond motifs is 8. The number of anilines is 3. The first-order chi connectivity index (χ1) is 18.7. The Kier molecular flexibility index (Phi) is 7.51. The summed E-state index contributed by atoms with van der Waals surface area (Å²) in [4.78, 5) is 27.3. The molecule has 0 unspecified atom stereocenters. The monoisotopic (exact) mass is 513 g/mol. The van der Waals surface area contributed by atoms with Gasteiger partial charge in [0.2, 0.25) is 5.95 Å². The van der Waals surface area contributed by atoms with Gasteiger partial charge in [0.15, 0.2) is 0 Å². The molecule has 198 valence electrons. The first-order valence-corrected chi connectivity index (χ1v) is 13.8. The van der Waals surface area contributed by atoms with Gasteiger partial charge in [-0.2, -0.15) is 0 Å². The molecule has 1 atom stereocenters. The summed E-state index contributed by atoms with van der Waals surface area (Å²) in [6.07, 6.45) is 6.08. The van der Waals surface area contributed by atoms with Crippen LogP contribution in [0.1, 0.15) is 37.7 Å². The van der Waals surface area contributed by atoms with E-state index in [4.69, 9.17) is 14.5 Å². The molecular formula is C30H35N5O3. The molecule has 0 radical (unpaired) electrons. The number of benzene rings is 2. The van der Waals surface area contributed by atoms with E-state index in [0.29, 0.717) is 24.8 Å². The van der Waals surface area contributed by atoms with E-state index in [9.17, 15) is 4.79 Å². The van der Waals surface area contributed by atoms with E-state index < -0.39 is 0 Å². The number of aromatic nitrogens is 2. The summed E-state index contributed by atoms with van der Waals surface area (Å²) in [5.41, 5.74) is 5.18. The Bertz CT molecular complexity index is 1280. The average Bonchev–Trinajstić information content (AvgIpc) is 3.41. The lowest BCUT2D eigenvalue weighted by molar-refractivity contribution is -0.123. The Hall–Kier alpha value is -3.49. The van der Waals surface area contributed by atoms with Crippen LogP contribution in [-0.2, 0) is 16.1 Å². The summed E-state index contributed by atoms with van der Waals surface area (Å²) in [6.45, 7) is 5.49. The van der Waals surface area contributed by atoms with Crippen molar-refractivity contribution in [1.82, 2.24) is 14.9 Å². The molecule has 38 heavy (non-hydrogen) atoms. The fourth-order valence-electron chi connectivity index (χ4n) is 5.71. The van der Waals surface area contributed by atoms with Gasteiger partial charge in [-0.05, 0) is 74.2 Å². The summed E-state index contributed by atoms with van der Waals surface area (Å²) in [6, 6.07) is 16.4. The number of hydrogen-bond donors (Lipinski definition) is 1. The molecule has 3 aliphatic rings. The van der Waals surface area contributed by atoms with E-state index in [2.05, 4.69) is 38.3 Å². The van der Waals surface area contributed by atoms with Crippen LogP contribution in [0.4, 0.5) is 17.3 Å². The van der Waals surface area contributed by atoms with Gasteiger partial charge in [0.1, 0.15) is 11.5 Å². The molecule has 3 aromatic rings. The summed E-state index contributed by atoms with van der Waals surface area (Å²) in [5.74, 6) is 1.71. The fraction of sp³-hybridized carbons (Fsp3) is 0.433. The van der Waals surface area contributed by atoms with Crippen molar-refractivity contribution < 1.29 is 14.3 Å². The van der Waals surface area contributed by atoms with Crippen LogP contribution in [0, 0.1) is 0 Å². The zero-order valence-electron chi connectivity index (χ0n) is 21.8. The predicted molar refractivity (Wildman–Crippen MR) is 148 cm³/mol. The third-order valence-corrected chi connectivity index (χ3v) is 7.67. The average molecular weight is 514 g/mol. The number of Topliss-reactive ketones (excluding diaryl/α,β-unsaturated/α-hetero) is 1. The number of morpholine rings is 1. The van der Waals surface area contributed by atoms with Gasteiger partial charge in [-0.1, -0.05) is 12.1 Å². The van der Waals surface area contributed by atoms with E-state index >= 15 is 0 Å². The van der Waals surface area contributed by atoms with Gasteiger partial charge in [0.05, 0.1) is 31.6 Å². The largest absolute Gasteiger partial charge is 0.494 e. The van der Waals surface area contributed by atoms with Gasteiger partial charge < -0.3 is 19.7 Å². The molecule has 1 aromatic heterocycles. The van der Waals surface area contributed by atoms with Crippen molar-refractivity contribution in [2.24, 2.45) is 0 Å². The zero-order chi connectivity index (χ0) is 25.7. The highest BCUT2D eigenvalue weighted by molar-refractivity contribution is 5.84. The van der Waals surface area contributed by atoms with Crippen LogP contribution in [0.15, 0.2) is 54.7 Å². The molecule has 2 fully saturated rings. The third kappa shape index (κ3) is 5.66. The molecule has 6 bridgehead atoms. The molecule has 0 amide bonds. The highest BCUT2D eigenvalue weighted by atomic mass is 16.5. The number of nitrogens with zero attached hydrogens (tertiary/aromatic N) is 4. The summed E-state index contributed by atoms with van der Waals surface area (Å²) in [7, 11) is 0. The van der Waals surface area contributed by atoms with Crippen molar-refractivity contribution in [2.75, 3.05) is 49.7 Å². The lowest BCUT2D eigenvalue weighted by Crippen LogP contribution is -2.38. The smallest absolute Gasteiger partial charge is 0.227 e. The topological polar surface area (TPSA) is 79.8 Å². The molecule has 0 spiro atoms. The quantitative estimate of drug-likeness (QED) is 0.496. The first-order valence-electron chi connectivity index (χ1n) is 13.8. The van der Waals surface area contributed by atoms with E-state index in [1.807, 2.05) is 30.3 Å². The minimum atomic E-state index is -0.0103. The van der Waals surface area contributed by atoms with Crippen molar-refractivity contribution in [2.45, 2.75) is 44.7 Å². The molecule has 4 heterocycles. The molecule has 8 nitrogen and oxygen atoms in total. The number of hydrogen-bond acceptors (Lipinski definition) is 8. The van der Waals surface area contributed by atoms with Gasteiger partial charge >= 0.3 is 0 Å². The summed E-state index contributed by atoms with van der Waals surface area (Å²) in [5, 5.41) is 3.42. The molecule has 0 aliphatic carbocycles. The van der Waals surface area contributed by atoms with Crippen molar-refractivity contribution in [3.05, 3.63) is 60.3 Å². The normalized spacial score (nSPS) is 20.9. The van der Waals surface area contributed by atoms with Crippen molar-refractivity contribution in [3.63, 3.8) is 0 Å². The molecule has 8 heteroatoms.